The van der Waals surface area contributed by atoms with Crippen molar-refractivity contribution in [3.05, 3.63) is 203 Å². The average Bonchev–Trinajstić information content (AvgIpc) is 4.25. The van der Waals surface area contributed by atoms with Crippen molar-refractivity contribution >= 4 is 34.4 Å². The summed E-state index contributed by atoms with van der Waals surface area (Å²) in [5, 5.41) is 8.37. The lowest BCUT2D eigenvalue weighted by atomic mass is 9.98. The van der Waals surface area contributed by atoms with Crippen molar-refractivity contribution in [3.8, 4) is 33.8 Å². The van der Waals surface area contributed by atoms with Gasteiger partial charge in [-0.15, -0.1) is 0 Å². The number of methoxy groups -OCH3 is 2. The summed E-state index contributed by atoms with van der Waals surface area (Å²) in [5.41, 5.74) is 9.58. The molecule has 1 N–H and O–H groups in total. The second-order valence-electron chi connectivity index (χ2n) is 19.5. The molecule has 6 aromatic carbocycles. The summed E-state index contributed by atoms with van der Waals surface area (Å²) in [6, 6.07) is 45.9. The molecule has 0 atom stereocenters. The summed E-state index contributed by atoms with van der Waals surface area (Å²) < 4.78 is 32.7. The molecule has 0 radical (unpaired) electrons. The minimum absolute atomic E-state index is 0.00921. The fraction of sp³-hybridized carbons (Fsp3) is 0.371. The molecule has 0 spiro atoms. The minimum Gasteiger partial charge on any atom is -0.496 e. The highest BCUT2D eigenvalue weighted by atomic mass is 35.5. The Morgan fingerprint density at radius 3 is 1.22 bits per heavy atom. The number of halogens is 1. The lowest BCUT2D eigenvalue weighted by molar-refractivity contribution is -0.139. The van der Waals surface area contributed by atoms with Crippen molar-refractivity contribution in [1.82, 2.24) is 4.90 Å². The van der Waals surface area contributed by atoms with Crippen LogP contribution in [0.4, 0.5) is 0 Å². The number of rotatable bonds is 28. The van der Waals surface area contributed by atoms with Gasteiger partial charge in [0.15, 0.2) is 11.6 Å². The number of allylic oxidation sites excluding steroid dienone is 1. The van der Waals surface area contributed by atoms with Crippen molar-refractivity contribution in [2.24, 2.45) is 0 Å². The number of ketones is 2. The number of carbonyl (C=O) groups excluding carboxylic acids is 4. The number of aliphatic hydroxyl groups is 1. The number of esters is 1. The molecule has 0 aromatic heterocycles. The summed E-state index contributed by atoms with van der Waals surface area (Å²) in [5.74, 6) is 1.26. The van der Waals surface area contributed by atoms with Gasteiger partial charge in [0.1, 0.15) is 11.5 Å². The summed E-state index contributed by atoms with van der Waals surface area (Å²) in [6.07, 6.45) is 7.84. The van der Waals surface area contributed by atoms with E-state index in [9.17, 15) is 19.2 Å². The molecule has 446 valence electrons. The van der Waals surface area contributed by atoms with Gasteiger partial charge in [0.2, 0.25) is 5.24 Å². The lowest BCUT2D eigenvalue weighted by Crippen LogP contribution is -2.21. The highest BCUT2D eigenvalue weighted by Crippen LogP contribution is 2.30. The molecule has 1 aliphatic heterocycles. The van der Waals surface area contributed by atoms with Crippen LogP contribution in [0.15, 0.2) is 170 Å². The van der Waals surface area contributed by atoms with Gasteiger partial charge in [-0.25, -0.2) is 4.79 Å². The first kappa shape index (κ1) is 70.2. The molecule has 1 fully saturated rings. The van der Waals surface area contributed by atoms with Crippen LogP contribution in [0.1, 0.15) is 129 Å². The standard InChI is InChI=1S/C30H32O5.C26H28O4.C6H15N.C4H5ClO.C4H8O/c1-22(2)30(32)35-19-9-5-8-18-34-21-27-20-26(16-17-28(27)33-3)23-12-14-25(15-13-23)29(31)24-10-6-4-7-11-24;1-29-25-15-14-23(18-24(25)19-30-17-7-3-6-16-27)20-10-12-22(13-11-20)26(28)21-8-4-2-5-9-21;1-4-7(5-2)6-3;1-3(2)4(5)6;1-2-4-5-3-1/h4,6-7,10-17,20H,1,5,8-9,18-19,21H2,2-3H3;2,4-5,8-15,18,27H,3,6-7,16-17,19H2,1H3;4-6H2,1-3H3;1H2,2H3;1-4H2. The van der Waals surface area contributed by atoms with Crippen molar-refractivity contribution in [2.75, 3.05) is 73.5 Å². The number of ether oxygens (including phenoxy) is 6. The Morgan fingerprint density at radius 2 is 0.892 bits per heavy atom. The SMILES string of the molecule is C1CCOC1.C=C(C)C(=O)Cl.C=C(C)C(=O)OCCCCCOCc1cc(-c2ccc(C(=O)c3ccccc3)cc2)ccc1OC.CCN(CC)CC.COc1ccc(-c2ccc(C(=O)c3ccccc3)cc2)cc1COCCCCCO. The second-order valence-corrected chi connectivity index (χ2v) is 19.8. The van der Waals surface area contributed by atoms with Crippen molar-refractivity contribution < 1.29 is 52.7 Å². The van der Waals surface area contributed by atoms with Crippen molar-refractivity contribution in [3.63, 3.8) is 0 Å². The van der Waals surface area contributed by atoms with Gasteiger partial charge in [-0.05, 0) is 143 Å². The summed E-state index contributed by atoms with van der Waals surface area (Å²) in [7, 11) is 3.30. The van der Waals surface area contributed by atoms with Crippen LogP contribution in [0.3, 0.4) is 0 Å². The van der Waals surface area contributed by atoms with Crippen LogP contribution >= 0.6 is 11.6 Å². The third-order valence-corrected chi connectivity index (χ3v) is 13.4. The zero-order chi connectivity index (χ0) is 60.6. The molecule has 0 aliphatic carbocycles. The molecule has 12 nitrogen and oxygen atoms in total. The van der Waals surface area contributed by atoms with Gasteiger partial charge in [-0.1, -0.05) is 155 Å². The van der Waals surface area contributed by atoms with E-state index in [1.165, 1.54) is 32.5 Å². The molecule has 7 rings (SSSR count). The van der Waals surface area contributed by atoms with Gasteiger partial charge in [0.05, 0.1) is 34.0 Å². The number of carbonyl (C=O) groups is 4. The van der Waals surface area contributed by atoms with E-state index in [0.717, 1.165) is 96.6 Å². The number of benzene rings is 6. The lowest BCUT2D eigenvalue weighted by Gasteiger charge is -2.13. The Balaban J connectivity index is 0.000000336. The van der Waals surface area contributed by atoms with Gasteiger partial charge < -0.3 is 38.4 Å². The van der Waals surface area contributed by atoms with Crippen molar-refractivity contribution in [2.45, 2.75) is 99.2 Å². The minimum atomic E-state index is -0.463. The fourth-order valence-electron chi connectivity index (χ4n) is 8.09. The van der Waals surface area contributed by atoms with E-state index < -0.39 is 5.24 Å². The maximum Gasteiger partial charge on any atom is 0.333 e. The maximum atomic E-state index is 12.7. The van der Waals surface area contributed by atoms with Crippen molar-refractivity contribution in [1.29, 1.82) is 0 Å². The molecule has 0 bridgehead atoms. The van der Waals surface area contributed by atoms with E-state index in [-0.39, 0.29) is 24.1 Å². The number of unbranched alkanes of at least 4 members (excludes halogenated alkanes) is 4. The molecule has 1 heterocycles. The van der Waals surface area contributed by atoms with Crippen LogP contribution in [0.25, 0.3) is 22.3 Å². The largest absolute Gasteiger partial charge is 0.496 e. The number of hydrogen-bond donors (Lipinski definition) is 1. The van der Waals surface area contributed by atoms with Gasteiger partial charge >= 0.3 is 5.97 Å². The molecule has 83 heavy (non-hydrogen) atoms. The van der Waals surface area contributed by atoms with Gasteiger partial charge in [-0.2, -0.15) is 0 Å². The molecule has 1 aliphatic rings. The first-order chi connectivity index (χ1) is 40.2. The van der Waals surface area contributed by atoms with E-state index in [1.54, 1.807) is 28.1 Å². The van der Waals surface area contributed by atoms with E-state index in [2.05, 4.69) is 51.0 Å². The van der Waals surface area contributed by atoms with Crippen LogP contribution < -0.4 is 9.47 Å². The van der Waals surface area contributed by atoms with E-state index in [0.29, 0.717) is 66.4 Å². The quantitative estimate of drug-likeness (QED) is 0.0164. The summed E-state index contributed by atoms with van der Waals surface area (Å²) >= 11 is 4.87. The molecule has 6 aromatic rings. The van der Waals surface area contributed by atoms with Crippen LogP contribution in [0.5, 0.6) is 11.5 Å². The Kier molecular flexibility index (Phi) is 35.4. The molecule has 1 saturated heterocycles. The average molecular weight is 1150 g/mol. The van der Waals surface area contributed by atoms with Crippen LogP contribution in [0.2, 0.25) is 0 Å². The summed E-state index contributed by atoms with van der Waals surface area (Å²) in [6.45, 7) is 25.0. The Morgan fingerprint density at radius 1 is 0.518 bits per heavy atom. The molecule has 13 heteroatoms. The third kappa shape index (κ3) is 27.3. The smallest absolute Gasteiger partial charge is 0.333 e. The van der Waals surface area contributed by atoms with Gasteiger partial charge in [0.25, 0.3) is 0 Å². The van der Waals surface area contributed by atoms with Crippen LogP contribution in [-0.4, -0.2) is 106 Å². The Hall–Kier alpha value is -7.03. The van der Waals surface area contributed by atoms with E-state index in [1.807, 2.05) is 133 Å². The molecule has 0 saturated carbocycles. The second kappa shape index (κ2) is 41.9. The van der Waals surface area contributed by atoms with Gasteiger partial charge in [0, 0.05) is 77.6 Å². The number of nitrogens with zero attached hydrogens (tertiary/aromatic N) is 1. The maximum absolute atomic E-state index is 12.7. The van der Waals surface area contributed by atoms with E-state index >= 15 is 0 Å². The third-order valence-electron chi connectivity index (χ3n) is 13.1. The fourth-order valence-corrected chi connectivity index (χ4v) is 8.09. The highest BCUT2D eigenvalue weighted by molar-refractivity contribution is 6.67. The van der Waals surface area contributed by atoms with Crippen LogP contribution in [-0.2, 0) is 41.8 Å². The normalized spacial score (nSPS) is 11.2. The molecular weight excluding hydrogens is 1070 g/mol. The zero-order valence-corrected chi connectivity index (χ0v) is 50.8. The predicted molar refractivity (Wildman–Crippen MR) is 336 cm³/mol. The molecule has 0 amide bonds. The molecule has 0 unspecified atom stereocenters. The Labute approximate surface area is 499 Å². The number of aliphatic hydroxyl groups excluding tert-OH is 1. The number of hydrogen-bond acceptors (Lipinski definition) is 12. The zero-order valence-electron chi connectivity index (χ0n) is 50.1. The highest BCUT2D eigenvalue weighted by Gasteiger charge is 2.13. The topological polar surface area (TPSA) is 147 Å². The van der Waals surface area contributed by atoms with Crippen LogP contribution in [0, 0.1) is 0 Å². The predicted octanol–water partition coefficient (Wildman–Crippen LogP) is 15.1. The summed E-state index contributed by atoms with van der Waals surface area (Å²) in [4.78, 5) is 48.8. The van der Waals surface area contributed by atoms with Gasteiger partial charge in [-0.3, -0.25) is 14.4 Å². The monoisotopic (exact) mass is 1150 g/mol. The Bertz CT molecular complexity index is 2800. The first-order valence-corrected chi connectivity index (χ1v) is 29.1. The van der Waals surface area contributed by atoms with E-state index in [4.69, 9.17) is 45.1 Å². The first-order valence-electron chi connectivity index (χ1n) is 28.7. The molecular formula is C70H88ClNO11.